The van der Waals surface area contributed by atoms with Crippen LogP contribution in [0.25, 0.3) is 93.9 Å². The van der Waals surface area contributed by atoms with Gasteiger partial charge in [0.1, 0.15) is 11.2 Å². The summed E-state index contributed by atoms with van der Waals surface area (Å²) in [6.45, 7) is 0. The molecule has 0 fully saturated rings. The minimum Gasteiger partial charge on any atom is -0.456 e. The number of nitrogens with zero attached hydrogens (tertiary/aromatic N) is 2. The Morgan fingerprint density at radius 3 is 1.44 bits per heavy atom. The molecule has 0 spiro atoms. The van der Waals surface area contributed by atoms with Crippen molar-refractivity contribution in [3.8, 4) is 50.2 Å². The summed E-state index contributed by atoms with van der Waals surface area (Å²) in [7, 11) is 0. The number of anilines is 3. The van der Waals surface area contributed by atoms with E-state index in [2.05, 4.69) is 240 Å². The number of para-hydroxylation sites is 2. The minimum absolute atomic E-state index is 0.884. The maximum atomic E-state index is 6.38. The molecular weight excluding hydrogens is 765 g/mol. The van der Waals surface area contributed by atoms with Crippen molar-refractivity contribution in [1.82, 2.24) is 4.57 Å². The molecule has 0 saturated carbocycles. The van der Waals surface area contributed by atoms with Gasteiger partial charge < -0.3 is 13.9 Å². The van der Waals surface area contributed by atoms with E-state index >= 15 is 0 Å². The van der Waals surface area contributed by atoms with Gasteiger partial charge in [-0.05, 0) is 111 Å². The molecule has 0 atom stereocenters. The second-order valence-electron chi connectivity index (χ2n) is 16.1. The molecule has 10 aromatic carbocycles. The van der Waals surface area contributed by atoms with E-state index in [-0.39, 0.29) is 0 Å². The Balaban J connectivity index is 0.964. The molecule has 0 radical (unpaired) electrons. The summed E-state index contributed by atoms with van der Waals surface area (Å²) in [5.74, 6) is 0. The lowest BCUT2D eigenvalue weighted by atomic mass is 9.98. The molecule has 0 aliphatic heterocycles. The van der Waals surface area contributed by atoms with E-state index in [0.717, 1.165) is 61.3 Å². The normalized spacial score (nSPS) is 11.5. The number of rotatable bonds is 8. The molecule has 2 aromatic heterocycles. The van der Waals surface area contributed by atoms with Gasteiger partial charge in [-0.1, -0.05) is 170 Å². The molecule has 0 aliphatic rings. The highest BCUT2D eigenvalue weighted by atomic mass is 16.3. The zero-order valence-electron chi connectivity index (χ0n) is 34.4. The zero-order valence-corrected chi connectivity index (χ0v) is 34.4. The van der Waals surface area contributed by atoms with Crippen molar-refractivity contribution in [1.29, 1.82) is 0 Å². The average Bonchev–Trinajstić information content (AvgIpc) is 3.91. The lowest BCUT2D eigenvalue weighted by molar-refractivity contribution is 0.668. The number of fused-ring (bicyclic) bond motifs is 6. The Bertz CT molecular complexity index is 3580. The van der Waals surface area contributed by atoms with Crippen LogP contribution < -0.4 is 4.90 Å². The van der Waals surface area contributed by atoms with E-state index in [4.69, 9.17) is 4.42 Å². The van der Waals surface area contributed by atoms with Crippen LogP contribution in [0.3, 0.4) is 0 Å². The second-order valence-corrected chi connectivity index (χ2v) is 16.1. The molecule has 0 saturated heterocycles. The highest BCUT2D eigenvalue weighted by Gasteiger charge is 2.19. The maximum absolute atomic E-state index is 6.38. The predicted octanol–water partition coefficient (Wildman–Crippen LogP) is 16.8. The number of furan rings is 1. The lowest BCUT2D eigenvalue weighted by Gasteiger charge is -2.26. The molecule has 12 aromatic rings. The molecule has 296 valence electrons. The lowest BCUT2D eigenvalue weighted by Crippen LogP contribution is -2.10. The van der Waals surface area contributed by atoms with Crippen LogP contribution in [-0.4, -0.2) is 4.57 Å². The molecule has 0 aliphatic carbocycles. The standard InChI is InChI=1S/C60H40N2O/c1-3-13-41(14-4-1)43-25-27-44(28-26-43)46-31-35-49(36-32-46)61(48-33-29-45(30-34-48)42-15-5-2-6-16-42)50-18-11-17-47(39-50)52-21-12-23-57-60(52)55-20-7-9-22-56(55)62(57)51-37-38-54-53-19-8-10-24-58(53)63-59(54)40-51/h1-40H. The predicted molar refractivity (Wildman–Crippen MR) is 264 cm³/mol. The Hall–Kier alpha value is -8.40. The van der Waals surface area contributed by atoms with E-state index < -0.39 is 0 Å². The fourth-order valence-corrected chi connectivity index (χ4v) is 9.37. The van der Waals surface area contributed by atoms with Crippen molar-refractivity contribution >= 4 is 60.8 Å². The van der Waals surface area contributed by atoms with E-state index in [0.29, 0.717) is 0 Å². The highest BCUT2D eigenvalue weighted by Crippen LogP contribution is 2.43. The molecule has 12 rings (SSSR count). The van der Waals surface area contributed by atoms with Crippen molar-refractivity contribution < 1.29 is 4.42 Å². The first kappa shape index (κ1) is 36.5. The summed E-state index contributed by atoms with van der Waals surface area (Å²) in [4.78, 5) is 2.37. The van der Waals surface area contributed by atoms with Gasteiger partial charge in [0.15, 0.2) is 0 Å². The quantitative estimate of drug-likeness (QED) is 0.153. The fourth-order valence-electron chi connectivity index (χ4n) is 9.37. The average molecular weight is 805 g/mol. The van der Waals surface area contributed by atoms with Gasteiger partial charge in [0, 0.05) is 50.4 Å². The van der Waals surface area contributed by atoms with Crippen molar-refractivity contribution in [3.05, 3.63) is 243 Å². The van der Waals surface area contributed by atoms with Gasteiger partial charge in [-0.2, -0.15) is 0 Å². The molecule has 63 heavy (non-hydrogen) atoms. The highest BCUT2D eigenvalue weighted by molar-refractivity contribution is 6.16. The first-order valence-electron chi connectivity index (χ1n) is 21.5. The van der Waals surface area contributed by atoms with Crippen LogP contribution in [0.15, 0.2) is 247 Å². The van der Waals surface area contributed by atoms with Gasteiger partial charge in [-0.25, -0.2) is 0 Å². The van der Waals surface area contributed by atoms with Gasteiger partial charge in [0.05, 0.1) is 11.0 Å². The van der Waals surface area contributed by atoms with E-state index in [9.17, 15) is 0 Å². The SMILES string of the molecule is c1ccc(-c2ccc(-c3ccc(N(c4ccc(-c5ccccc5)cc4)c4cccc(-c5cccc6c5c5ccccc5n6-c5ccc6c(c5)oc5ccccc56)c4)cc3)cc2)cc1. The minimum atomic E-state index is 0.884. The maximum Gasteiger partial charge on any atom is 0.137 e. The summed E-state index contributed by atoms with van der Waals surface area (Å²) in [6, 6.07) is 87.1. The second kappa shape index (κ2) is 15.3. The van der Waals surface area contributed by atoms with E-state index in [1.807, 2.05) is 12.1 Å². The third-order valence-electron chi connectivity index (χ3n) is 12.4. The third-order valence-corrected chi connectivity index (χ3v) is 12.4. The van der Waals surface area contributed by atoms with Crippen molar-refractivity contribution in [2.75, 3.05) is 4.90 Å². The Kier molecular flexibility index (Phi) is 8.83. The van der Waals surface area contributed by atoms with Crippen LogP contribution in [0.2, 0.25) is 0 Å². The number of aromatic nitrogens is 1. The molecule has 3 heteroatoms. The number of hydrogen-bond acceptors (Lipinski definition) is 2. The van der Waals surface area contributed by atoms with Crippen molar-refractivity contribution in [2.24, 2.45) is 0 Å². The van der Waals surface area contributed by atoms with Gasteiger partial charge >= 0.3 is 0 Å². The third kappa shape index (κ3) is 6.46. The summed E-state index contributed by atoms with van der Waals surface area (Å²) >= 11 is 0. The van der Waals surface area contributed by atoms with Crippen LogP contribution in [0, 0.1) is 0 Å². The summed E-state index contributed by atoms with van der Waals surface area (Å²) in [5.41, 5.74) is 17.9. The van der Waals surface area contributed by atoms with Gasteiger partial charge in [0.2, 0.25) is 0 Å². The number of benzene rings is 10. The van der Waals surface area contributed by atoms with Gasteiger partial charge in [0.25, 0.3) is 0 Å². The summed E-state index contributed by atoms with van der Waals surface area (Å²) < 4.78 is 8.75. The Labute approximate surface area is 366 Å². The molecule has 3 nitrogen and oxygen atoms in total. The molecule has 2 heterocycles. The Morgan fingerprint density at radius 2 is 0.794 bits per heavy atom. The van der Waals surface area contributed by atoms with Gasteiger partial charge in [-0.3, -0.25) is 0 Å². The number of hydrogen-bond donors (Lipinski definition) is 0. The van der Waals surface area contributed by atoms with E-state index in [1.165, 1.54) is 49.7 Å². The zero-order chi connectivity index (χ0) is 41.7. The van der Waals surface area contributed by atoms with Crippen molar-refractivity contribution in [2.45, 2.75) is 0 Å². The van der Waals surface area contributed by atoms with Crippen LogP contribution in [0.5, 0.6) is 0 Å². The molecular formula is C60H40N2O. The molecule has 0 N–H and O–H groups in total. The Morgan fingerprint density at radius 1 is 0.302 bits per heavy atom. The fraction of sp³-hybridized carbons (Fsp3) is 0. The smallest absolute Gasteiger partial charge is 0.137 e. The first-order valence-corrected chi connectivity index (χ1v) is 21.5. The van der Waals surface area contributed by atoms with Crippen molar-refractivity contribution in [3.63, 3.8) is 0 Å². The monoisotopic (exact) mass is 804 g/mol. The first-order chi connectivity index (χ1) is 31.2. The summed E-state index contributed by atoms with van der Waals surface area (Å²) in [5, 5.41) is 4.68. The van der Waals surface area contributed by atoms with Crippen LogP contribution in [-0.2, 0) is 0 Å². The molecule has 0 unspecified atom stereocenters. The summed E-state index contributed by atoms with van der Waals surface area (Å²) in [6.07, 6.45) is 0. The van der Waals surface area contributed by atoms with Crippen LogP contribution in [0.1, 0.15) is 0 Å². The molecule has 0 bridgehead atoms. The largest absolute Gasteiger partial charge is 0.456 e. The topological polar surface area (TPSA) is 21.3 Å². The van der Waals surface area contributed by atoms with Crippen LogP contribution in [0.4, 0.5) is 17.1 Å². The van der Waals surface area contributed by atoms with Crippen LogP contribution >= 0.6 is 0 Å². The van der Waals surface area contributed by atoms with E-state index in [1.54, 1.807) is 0 Å². The van der Waals surface area contributed by atoms with Gasteiger partial charge in [-0.15, -0.1) is 0 Å². The molecule has 0 amide bonds.